The second kappa shape index (κ2) is 6.55. The van der Waals surface area contributed by atoms with Crippen LogP contribution >= 0.6 is 15.9 Å². The summed E-state index contributed by atoms with van der Waals surface area (Å²) in [6.07, 6.45) is 2.61. The summed E-state index contributed by atoms with van der Waals surface area (Å²) in [5.41, 5.74) is 0.927. The molecule has 1 saturated heterocycles. The first-order chi connectivity index (χ1) is 8.70. The number of aromatic hydroxyl groups is 1. The maximum absolute atomic E-state index is 9.74. The molecule has 0 radical (unpaired) electrons. The van der Waals surface area contributed by atoms with Gasteiger partial charge >= 0.3 is 0 Å². The zero-order valence-electron chi connectivity index (χ0n) is 10.7. The maximum Gasteiger partial charge on any atom is 0.120 e. The van der Waals surface area contributed by atoms with Crippen molar-refractivity contribution in [2.45, 2.75) is 32.4 Å². The molecule has 0 aromatic heterocycles. The number of rotatable bonds is 5. The van der Waals surface area contributed by atoms with Crippen molar-refractivity contribution in [3.63, 3.8) is 0 Å². The van der Waals surface area contributed by atoms with Crippen LogP contribution in [0, 0.1) is 5.92 Å². The van der Waals surface area contributed by atoms with Crippen molar-refractivity contribution in [2.24, 2.45) is 5.92 Å². The van der Waals surface area contributed by atoms with Crippen LogP contribution in [0.5, 0.6) is 5.75 Å². The van der Waals surface area contributed by atoms with Crippen LogP contribution in [-0.2, 0) is 11.3 Å². The molecule has 2 rings (SSSR count). The number of nitrogens with one attached hydrogen (secondary N) is 1. The molecule has 1 fully saturated rings. The van der Waals surface area contributed by atoms with E-state index in [9.17, 15) is 5.11 Å². The van der Waals surface area contributed by atoms with E-state index in [-0.39, 0.29) is 0 Å². The third-order valence-electron chi connectivity index (χ3n) is 3.51. The molecule has 1 heterocycles. The van der Waals surface area contributed by atoms with Gasteiger partial charge in [0.05, 0.1) is 6.10 Å². The Balaban J connectivity index is 1.83. The number of halogens is 1. The summed E-state index contributed by atoms with van der Waals surface area (Å²) in [4.78, 5) is 0. The number of benzene rings is 1. The van der Waals surface area contributed by atoms with Crippen molar-refractivity contribution in [2.75, 3.05) is 13.2 Å². The van der Waals surface area contributed by atoms with Crippen LogP contribution in [0.3, 0.4) is 0 Å². The summed E-state index contributed by atoms with van der Waals surface area (Å²) in [5, 5.41) is 13.2. The monoisotopic (exact) mass is 313 g/mol. The van der Waals surface area contributed by atoms with Gasteiger partial charge in [-0.15, -0.1) is 0 Å². The van der Waals surface area contributed by atoms with E-state index >= 15 is 0 Å². The minimum absolute atomic E-state index is 0.348. The molecule has 1 aliphatic heterocycles. The molecule has 2 unspecified atom stereocenters. The molecule has 0 aliphatic carbocycles. The number of hydrogen-bond acceptors (Lipinski definition) is 3. The molecule has 2 N–H and O–H groups in total. The molecule has 2 atom stereocenters. The minimum atomic E-state index is 0.348. The van der Waals surface area contributed by atoms with Crippen LogP contribution < -0.4 is 5.32 Å². The molecule has 0 amide bonds. The van der Waals surface area contributed by atoms with Gasteiger partial charge in [-0.05, 0) is 37.0 Å². The van der Waals surface area contributed by atoms with Gasteiger partial charge in [0.25, 0.3) is 0 Å². The average molecular weight is 314 g/mol. The fraction of sp³-hybridized carbons (Fsp3) is 0.571. The summed E-state index contributed by atoms with van der Waals surface area (Å²) in [6, 6.07) is 5.51. The van der Waals surface area contributed by atoms with E-state index in [2.05, 4.69) is 28.2 Å². The molecule has 0 bridgehead atoms. The van der Waals surface area contributed by atoms with Crippen LogP contribution in [0.1, 0.15) is 25.3 Å². The Morgan fingerprint density at radius 3 is 3.11 bits per heavy atom. The molecule has 0 saturated carbocycles. The van der Waals surface area contributed by atoms with Crippen molar-refractivity contribution < 1.29 is 9.84 Å². The predicted molar refractivity (Wildman–Crippen MR) is 75.7 cm³/mol. The van der Waals surface area contributed by atoms with Gasteiger partial charge in [0.1, 0.15) is 5.75 Å². The lowest BCUT2D eigenvalue weighted by Crippen LogP contribution is -2.27. The second-order valence-corrected chi connectivity index (χ2v) is 5.69. The van der Waals surface area contributed by atoms with Crippen LogP contribution in [0.25, 0.3) is 0 Å². The quantitative estimate of drug-likeness (QED) is 0.878. The normalized spacial score (nSPS) is 23.4. The molecule has 0 spiro atoms. The Kier molecular flexibility index (Phi) is 5.03. The van der Waals surface area contributed by atoms with E-state index in [1.165, 1.54) is 0 Å². The largest absolute Gasteiger partial charge is 0.508 e. The highest BCUT2D eigenvalue weighted by Crippen LogP contribution is 2.24. The van der Waals surface area contributed by atoms with Gasteiger partial charge in [-0.3, -0.25) is 0 Å². The summed E-state index contributed by atoms with van der Waals surface area (Å²) < 4.78 is 6.66. The van der Waals surface area contributed by atoms with Gasteiger partial charge in [0, 0.05) is 29.7 Å². The lowest BCUT2D eigenvalue weighted by molar-refractivity contribution is 0.0872. The Bertz CT molecular complexity index is 397. The molecule has 1 aromatic rings. The fourth-order valence-corrected chi connectivity index (χ4v) is 2.87. The first-order valence-electron chi connectivity index (χ1n) is 6.50. The predicted octanol–water partition coefficient (Wildman–Crippen LogP) is 3.06. The highest BCUT2D eigenvalue weighted by molar-refractivity contribution is 9.10. The molecule has 3 nitrogen and oxygen atoms in total. The van der Waals surface area contributed by atoms with Gasteiger partial charge in [-0.25, -0.2) is 0 Å². The third-order valence-corrected chi connectivity index (χ3v) is 4.01. The van der Waals surface area contributed by atoms with E-state index in [1.807, 2.05) is 12.1 Å². The second-order valence-electron chi connectivity index (χ2n) is 4.77. The van der Waals surface area contributed by atoms with E-state index in [1.54, 1.807) is 6.07 Å². The average Bonchev–Trinajstić information content (AvgIpc) is 2.81. The summed E-state index contributed by atoms with van der Waals surface area (Å²) in [5.74, 6) is 0.949. The van der Waals surface area contributed by atoms with E-state index < -0.39 is 0 Å². The fourth-order valence-electron chi connectivity index (χ4n) is 2.47. The Labute approximate surface area is 117 Å². The first kappa shape index (κ1) is 13.8. The maximum atomic E-state index is 9.74. The zero-order valence-corrected chi connectivity index (χ0v) is 12.2. The van der Waals surface area contributed by atoms with Crippen molar-refractivity contribution in [1.82, 2.24) is 5.32 Å². The summed E-state index contributed by atoms with van der Waals surface area (Å²) in [6.45, 7) is 4.69. The van der Waals surface area contributed by atoms with Crippen LogP contribution in [0.4, 0.5) is 0 Å². The van der Waals surface area contributed by atoms with Crippen LogP contribution in [-0.4, -0.2) is 24.4 Å². The first-order valence-corrected chi connectivity index (χ1v) is 7.29. The van der Waals surface area contributed by atoms with Crippen molar-refractivity contribution in [1.29, 1.82) is 0 Å². The number of phenolic OH excluding ortho intramolecular Hbond substituents is 1. The Hall–Kier alpha value is -0.580. The van der Waals surface area contributed by atoms with Crippen LogP contribution in [0.15, 0.2) is 22.7 Å². The highest BCUT2D eigenvalue weighted by Gasteiger charge is 2.25. The molecule has 18 heavy (non-hydrogen) atoms. The van der Waals surface area contributed by atoms with Gasteiger partial charge in [0.2, 0.25) is 0 Å². The van der Waals surface area contributed by atoms with E-state index in [4.69, 9.17) is 4.74 Å². The van der Waals surface area contributed by atoms with Crippen molar-refractivity contribution >= 4 is 15.9 Å². The SMILES string of the molecule is CCC1OCCC1CNCc1cc(Br)ccc1O. The van der Waals surface area contributed by atoms with E-state index in [0.29, 0.717) is 24.3 Å². The van der Waals surface area contributed by atoms with Crippen LogP contribution in [0.2, 0.25) is 0 Å². The summed E-state index contributed by atoms with van der Waals surface area (Å²) in [7, 11) is 0. The zero-order chi connectivity index (χ0) is 13.0. The lowest BCUT2D eigenvalue weighted by Gasteiger charge is -2.17. The molecular formula is C14H20BrNO2. The Morgan fingerprint density at radius 1 is 1.50 bits per heavy atom. The van der Waals surface area contributed by atoms with Crippen molar-refractivity contribution in [3.05, 3.63) is 28.2 Å². The minimum Gasteiger partial charge on any atom is -0.508 e. The third kappa shape index (κ3) is 3.46. The summed E-state index contributed by atoms with van der Waals surface area (Å²) >= 11 is 3.42. The number of ether oxygens (including phenoxy) is 1. The molecule has 1 aromatic carbocycles. The van der Waals surface area contributed by atoms with Gasteiger partial charge in [0.15, 0.2) is 0 Å². The van der Waals surface area contributed by atoms with E-state index in [0.717, 1.165) is 36.0 Å². The molecule has 1 aliphatic rings. The smallest absolute Gasteiger partial charge is 0.120 e. The Morgan fingerprint density at radius 2 is 2.33 bits per heavy atom. The number of hydrogen-bond donors (Lipinski definition) is 2. The van der Waals surface area contributed by atoms with Gasteiger partial charge in [-0.2, -0.15) is 0 Å². The lowest BCUT2D eigenvalue weighted by atomic mass is 9.99. The highest BCUT2D eigenvalue weighted by atomic mass is 79.9. The number of phenols is 1. The standard InChI is InChI=1S/C14H20BrNO2/c1-2-14-10(5-6-18-14)8-16-9-11-7-12(15)3-4-13(11)17/h3-4,7,10,14,16-17H,2,5-6,8-9H2,1H3. The topological polar surface area (TPSA) is 41.5 Å². The molecule has 100 valence electrons. The van der Waals surface area contributed by atoms with Gasteiger partial charge < -0.3 is 15.2 Å². The molecular weight excluding hydrogens is 294 g/mol. The van der Waals surface area contributed by atoms with Gasteiger partial charge in [-0.1, -0.05) is 22.9 Å². The molecule has 4 heteroatoms. The van der Waals surface area contributed by atoms with Crippen molar-refractivity contribution in [3.8, 4) is 5.75 Å².